The summed E-state index contributed by atoms with van der Waals surface area (Å²) in [7, 11) is 0. The number of nitrogens with one attached hydrogen (secondary N) is 1. The van der Waals surface area contributed by atoms with Crippen LogP contribution in [0.1, 0.15) is 15.9 Å². The van der Waals surface area contributed by atoms with E-state index in [1.54, 1.807) is 0 Å². The topological polar surface area (TPSA) is 171 Å². The maximum absolute atomic E-state index is 12.7. The van der Waals surface area contributed by atoms with Crippen LogP contribution in [0.5, 0.6) is 0 Å². The van der Waals surface area contributed by atoms with Gasteiger partial charge in [0.2, 0.25) is 0 Å². The van der Waals surface area contributed by atoms with E-state index in [9.17, 15) is 30.0 Å². The van der Waals surface area contributed by atoms with Crippen LogP contribution in [0.15, 0.2) is 0 Å². The molecule has 0 aliphatic heterocycles. The fourth-order valence-electron chi connectivity index (χ4n) is 2.33. The van der Waals surface area contributed by atoms with Gasteiger partial charge >= 0.3 is 0 Å². The van der Waals surface area contributed by atoms with E-state index in [0.29, 0.717) is 16.3 Å². The van der Waals surface area contributed by atoms with E-state index in [2.05, 4.69) is 5.32 Å². The van der Waals surface area contributed by atoms with Crippen molar-refractivity contribution < 1.29 is 40.2 Å². The van der Waals surface area contributed by atoms with Crippen molar-refractivity contribution in [2.45, 2.75) is 18.8 Å². The van der Waals surface area contributed by atoms with Crippen molar-refractivity contribution in [3.63, 3.8) is 0 Å². The van der Waals surface area contributed by atoms with Gasteiger partial charge < -0.3 is 40.9 Å². The highest BCUT2D eigenvalue weighted by molar-refractivity contribution is 14.1. The van der Waals surface area contributed by atoms with Crippen molar-refractivity contribution in [3.05, 3.63) is 21.8 Å². The van der Waals surface area contributed by atoms with Crippen LogP contribution >= 0.6 is 67.8 Å². The van der Waals surface area contributed by atoms with E-state index >= 15 is 0 Å². The van der Waals surface area contributed by atoms with Crippen molar-refractivity contribution >= 4 is 85.3 Å². The fraction of sp³-hybridized carbons (Fsp3) is 0.500. The van der Waals surface area contributed by atoms with Gasteiger partial charge in [-0.3, -0.25) is 9.59 Å². The molecular formula is C16H21I3N2O8. The first kappa shape index (κ1) is 27.1. The number of anilines is 1. The Morgan fingerprint density at radius 1 is 0.966 bits per heavy atom. The number of hydrogen-bond acceptors (Lipinski definition) is 8. The molecule has 10 nitrogen and oxygen atoms in total. The lowest BCUT2D eigenvalue weighted by Gasteiger charge is -2.29. The molecule has 0 fully saturated rings. The number of benzene rings is 1. The van der Waals surface area contributed by atoms with E-state index in [-0.39, 0.29) is 24.3 Å². The summed E-state index contributed by atoms with van der Waals surface area (Å²) < 4.78 is 1.19. The molecule has 0 heterocycles. The molecule has 0 aliphatic carbocycles. The first-order valence-corrected chi connectivity index (χ1v) is 11.5. The van der Waals surface area contributed by atoms with E-state index in [1.807, 2.05) is 67.8 Å². The minimum absolute atomic E-state index is 0.130. The smallest absolute Gasteiger partial charge is 0.258 e. The Labute approximate surface area is 207 Å². The summed E-state index contributed by atoms with van der Waals surface area (Å²) in [5.74, 6) is -1.47. The van der Waals surface area contributed by atoms with Gasteiger partial charge in [0.1, 0.15) is 0 Å². The summed E-state index contributed by atoms with van der Waals surface area (Å²) in [4.78, 5) is 26.4. The monoisotopic (exact) mass is 750 g/mol. The third kappa shape index (κ3) is 6.55. The van der Waals surface area contributed by atoms with Gasteiger partial charge in [-0.2, -0.15) is 0 Å². The van der Waals surface area contributed by atoms with Crippen LogP contribution in [-0.4, -0.2) is 87.6 Å². The molecule has 2 unspecified atom stereocenters. The molecule has 0 bridgehead atoms. The molecule has 0 radical (unpaired) electrons. The molecule has 1 rings (SSSR count). The second kappa shape index (κ2) is 12.8. The summed E-state index contributed by atoms with van der Waals surface area (Å²) in [5, 5.41) is 59.0. The number of carbonyl (C=O) groups is 2. The average molecular weight is 750 g/mol. The van der Waals surface area contributed by atoms with E-state index in [0.717, 1.165) is 4.90 Å². The first-order valence-electron chi connectivity index (χ1n) is 8.24. The SMILES string of the molecule is O=C(NCC(O)CO)c1c(I)c(CO)c(I)c(N(CCO)C(=O)C(O)CO)c1I. The highest BCUT2D eigenvalue weighted by Crippen LogP contribution is 2.38. The van der Waals surface area contributed by atoms with Crippen LogP contribution in [0.3, 0.4) is 0 Å². The average Bonchev–Trinajstić information content (AvgIpc) is 2.70. The number of rotatable bonds is 10. The van der Waals surface area contributed by atoms with E-state index in [1.165, 1.54) is 0 Å². The molecule has 1 aromatic rings. The number of halogens is 3. The Balaban J connectivity index is 3.61. The molecule has 7 N–H and O–H groups in total. The van der Waals surface area contributed by atoms with Crippen molar-refractivity contribution in [1.82, 2.24) is 5.32 Å². The molecule has 0 saturated heterocycles. The summed E-state index contributed by atoms with van der Waals surface area (Å²) in [5.41, 5.74) is 0.698. The van der Waals surface area contributed by atoms with E-state index in [4.69, 9.17) is 10.2 Å². The fourth-order valence-corrected chi connectivity index (χ4v) is 6.91. The quantitative estimate of drug-likeness (QED) is 0.146. The zero-order chi connectivity index (χ0) is 22.3. The molecule has 0 saturated carbocycles. The number of hydrogen-bond donors (Lipinski definition) is 7. The third-order valence-corrected chi connectivity index (χ3v) is 7.20. The highest BCUT2D eigenvalue weighted by Gasteiger charge is 2.31. The summed E-state index contributed by atoms with van der Waals surface area (Å²) in [6.45, 7) is -2.66. The van der Waals surface area contributed by atoms with Crippen LogP contribution < -0.4 is 10.2 Å². The molecule has 13 heteroatoms. The van der Waals surface area contributed by atoms with Crippen LogP contribution in [0, 0.1) is 10.7 Å². The summed E-state index contributed by atoms with van der Waals surface area (Å²) in [6, 6.07) is 0. The Morgan fingerprint density at radius 3 is 2.07 bits per heavy atom. The predicted molar refractivity (Wildman–Crippen MR) is 128 cm³/mol. The molecule has 29 heavy (non-hydrogen) atoms. The van der Waals surface area contributed by atoms with Gasteiger partial charge in [-0.05, 0) is 67.8 Å². The van der Waals surface area contributed by atoms with Crippen molar-refractivity contribution in [2.75, 3.05) is 37.8 Å². The molecular weight excluding hydrogens is 729 g/mol. The minimum Gasteiger partial charge on any atom is -0.395 e. The van der Waals surface area contributed by atoms with Crippen LogP contribution in [0.4, 0.5) is 5.69 Å². The molecule has 0 aliphatic rings. The molecule has 0 aromatic heterocycles. The van der Waals surface area contributed by atoms with E-state index < -0.39 is 50.4 Å². The standard InChI is InChI=1S/C16H21I3N2O8/c17-11-8(5-24)12(18)14(21(1-2-22)16(29)9(27)6-25)13(19)10(11)15(28)20-3-7(26)4-23/h7,9,22-27H,1-6H2,(H,20,28). The lowest BCUT2D eigenvalue weighted by atomic mass is 10.1. The number of aliphatic hydroxyl groups excluding tert-OH is 6. The minimum atomic E-state index is -1.72. The number of amides is 2. The van der Waals surface area contributed by atoms with Gasteiger partial charge in [0.25, 0.3) is 11.8 Å². The van der Waals surface area contributed by atoms with Crippen LogP contribution in [-0.2, 0) is 11.4 Å². The molecule has 164 valence electrons. The predicted octanol–water partition coefficient (Wildman–Crippen LogP) is -1.25. The number of nitrogens with zero attached hydrogens (tertiary/aromatic N) is 1. The second-order valence-corrected chi connectivity index (χ2v) is 9.00. The maximum atomic E-state index is 12.7. The third-order valence-electron chi connectivity index (χ3n) is 3.80. The lowest BCUT2D eigenvalue weighted by molar-refractivity contribution is -0.128. The van der Waals surface area contributed by atoms with Gasteiger partial charge in [-0.15, -0.1) is 0 Å². The maximum Gasteiger partial charge on any atom is 0.258 e. The molecule has 1 aromatic carbocycles. The molecule has 0 spiro atoms. The second-order valence-electron chi connectivity index (χ2n) is 5.76. The van der Waals surface area contributed by atoms with Gasteiger partial charge in [-0.25, -0.2) is 0 Å². The molecule has 2 amide bonds. The zero-order valence-electron chi connectivity index (χ0n) is 15.0. The van der Waals surface area contributed by atoms with Crippen LogP contribution in [0.2, 0.25) is 0 Å². The van der Waals surface area contributed by atoms with Crippen molar-refractivity contribution in [2.24, 2.45) is 0 Å². The van der Waals surface area contributed by atoms with Gasteiger partial charge in [-0.1, -0.05) is 0 Å². The first-order chi connectivity index (χ1) is 13.7. The van der Waals surface area contributed by atoms with Gasteiger partial charge in [0.05, 0.1) is 47.4 Å². The summed E-state index contributed by atoms with van der Waals surface area (Å²) >= 11 is 5.64. The Bertz CT molecular complexity index is 750. The van der Waals surface area contributed by atoms with Crippen molar-refractivity contribution in [1.29, 1.82) is 0 Å². The van der Waals surface area contributed by atoms with Crippen molar-refractivity contribution in [3.8, 4) is 0 Å². The summed E-state index contributed by atoms with van der Waals surface area (Å²) in [6.07, 6.45) is -2.87. The highest BCUT2D eigenvalue weighted by atomic mass is 127. The van der Waals surface area contributed by atoms with Crippen LogP contribution in [0.25, 0.3) is 0 Å². The normalized spacial score (nSPS) is 13.1. The molecule has 2 atom stereocenters. The zero-order valence-corrected chi connectivity index (χ0v) is 21.5. The largest absolute Gasteiger partial charge is 0.395 e. The Morgan fingerprint density at radius 2 is 1.59 bits per heavy atom. The number of aliphatic hydroxyl groups is 6. The number of carbonyl (C=O) groups excluding carboxylic acids is 2. The Hall–Kier alpha value is 0.110. The lowest BCUT2D eigenvalue weighted by Crippen LogP contribution is -2.44. The van der Waals surface area contributed by atoms with Gasteiger partial charge in [0, 0.05) is 25.8 Å². The Kier molecular flexibility index (Phi) is 12.0. The van der Waals surface area contributed by atoms with Gasteiger partial charge in [0.15, 0.2) is 6.10 Å².